The summed E-state index contributed by atoms with van der Waals surface area (Å²) in [7, 11) is 1.96. The number of rotatable bonds is 6. The molecule has 0 radical (unpaired) electrons. The lowest BCUT2D eigenvalue weighted by molar-refractivity contribution is 0.172. The largest absolute Gasteiger partial charge is 0.463 e. The van der Waals surface area contributed by atoms with E-state index >= 15 is 0 Å². The Hall–Kier alpha value is -3.76. The average molecular weight is 522 g/mol. The summed E-state index contributed by atoms with van der Waals surface area (Å²) in [6, 6.07) is 14.7. The Bertz CT molecular complexity index is 1620. The van der Waals surface area contributed by atoms with E-state index in [2.05, 4.69) is 46.3 Å². The molecule has 2 fully saturated rings. The minimum absolute atomic E-state index is 0.00552. The molecule has 7 heteroatoms. The van der Waals surface area contributed by atoms with Crippen molar-refractivity contribution in [1.82, 2.24) is 19.7 Å². The number of likely N-dealkylation sites (tertiary alicyclic amines) is 1. The number of hydrogen-bond donors (Lipinski definition) is 0. The normalized spacial score (nSPS) is 23.4. The molecular formula is C32H35N5O2. The van der Waals surface area contributed by atoms with Crippen LogP contribution in [-0.4, -0.2) is 32.8 Å². The van der Waals surface area contributed by atoms with Crippen molar-refractivity contribution in [1.29, 1.82) is 5.26 Å². The smallest absolute Gasteiger partial charge is 0.200 e. The SMILES string of the molecule is Cc1cc(CN2CCC[C@@H](C)C2)cc2c(=O)c(-c3cccc(C4(c5nncn5C)CC(CC#N)C4)c3)coc12. The van der Waals surface area contributed by atoms with Crippen molar-refractivity contribution < 1.29 is 4.42 Å². The van der Waals surface area contributed by atoms with Crippen LogP contribution in [0.5, 0.6) is 0 Å². The number of nitrogens with zero attached hydrogens (tertiary/aromatic N) is 5. The first-order valence-corrected chi connectivity index (χ1v) is 14.0. The Morgan fingerprint density at radius 2 is 2.08 bits per heavy atom. The van der Waals surface area contributed by atoms with Crippen LogP contribution in [0.2, 0.25) is 0 Å². The van der Waals surface area contributed by atoms with Gasteiger partial charge in [-0.1, -0.05) is 31.2 Å². The van der Waals surface area contributed by atoms with E-state index in [0.29, 0.717) is 34.8 Å². The van der Waals surface area contributed by atoms with Gasteiger partial charge in [0.15, 0.2) is 0 Å². The van der Waals surface area contributed by atoms with Gasteiger partial charge in [-0.3, -0.25) is 9.69 Å². The molecule has 2 aliphatic rings. The van der Waals surface area contributed by atoms with Crippen LogP contribution in [0.1, 0.15) is 61.5 Å². The second-order valence-electron chi connectivity index (χ2n) is 11.8. The fraction of sp³-hybridized carbons (Fsp3) is 0.438. The lowest BCUT2D eigenvalue weighted by Crippen LogP contribution is -2.44. The van der Waals surface area contributed by atoms with Gasteiger partial charge in [0.25, 0.3) is 0 Å². The monoisotopic (exact) mass is 521 g/mol. The number of aryl methyl sites for hydroxylation is 2. The zero-order valence-corrected chi connectivity index (χ0v) is 23.0. The molecule has 1 aliphatic heterocycles. The van der Waals surface area contributed by atoms with Crippen molar-refractivity contribution in [3.63, 3.8) is 0 Å². The van der Waals surface area contributed by atoms with Gasteiger partial charge in [0, 0.05) is 26.6 Å². The van der Waals surface area contributed by atoms with Crippen molar-refractivity contribution in [2.24, 2.45) is 18.9 Å². The second-order valence-corrected chi connectivity index (χ2v) is 11.8. The van der Waals surface area contributed by atoms with Crippen LogP contribution in [0.25, 0.3) is 22.1 Å². The third-order valence-electron chi connectivity index (χ3n) is 8.79. The average Bonchev–Trinajstić information content (AvgIpc) is 3.32. The van der Waals surface area contributed by atoms with E-state index in [1.807, 2.05) is 36.7 Å². The van der Waals surface area contributed by atoms with Gasteiger partial charge in [-0.2, -0.15) is 5.26 Å². The van der Waals surface area contributed by atoms with Gasteiger partial charge in [-0.05, 0) is 85.4 Å². The third kappa shape index (κ3) is 4.57. The standard InChI is InChI=1S/C32H35N5O2/c1-21-6-5-11-37(17-21)18-24-12-22(2)30-27(13-24)29(38)28(19-39-30)25-7-4-8-26(14-25)32(15-23(16-32)9-10-33)31-35-34-20-36(31)3/h4,7-8,12-14,19-21,23H,5-6,9,11,15-18H2,1-3H3/t21-,23?,32?/m1/s1. The van der Waals surface area contributed by atoms with E-state index < -0.39 is 0 Å². The van der Waals surface area contributed by atoms with Gasteiger partial charge in [-0.25, -0.2) is 0 Å². The number of benzene rings is 2. The highest BCUT2D eigenvalue weighted by Crippen LogP contribution is 2.53. The molecule has 6 rings (SSSR count). The molecule has 1 aliphatic carbocycles. The van der Waals surface area contributed by atoms with Crippen molar-refractivity contribution in [2.75, 3.05) is 13.1 Å². The summed E-state index contributed by atoms with van der Waals surface area (Å²) < 4.78 is 8.07. The van der Waals surface area contributed by atoms with E-state index in [4.69, 9.17) is 4.42 Å². The van der Waals surface area contributed by atoms with Gasteiger partial charge >= 0.3 is 0 Å². The Labute approximate surface area is 229 Å². The third-order valence-corrected chi connectivity index (χ3v) is 8.79. The number of fused-ring (bicyclic) bond motifs is 1. The van der Waals surface area contributed by atoms with Crippen LogP contribution < -0.4 is 5.43 Å². The number of hydrogen-bond acceptors (Lipinski definition) is 6. The fourth-order valence-electron chi connectivity index (χ4n) is 6.92. The molecule has 0 spiro atoms. The van der Waals surface area contributed by atoms with Crippen molar-refractivity contribution >= 4 is 11.0 Å². The summed E-state index contributed by atoms with van der Waals surface area (Å²) in [6.07, 6.45) is 8.05. The minimum Gasteiger partial charge on any atom is -0.463 e. The van der Waals surface area contributed by atoms with E-state index in [9.17, 15) is 10.1 Å². The highest BCUT2D eigenvalue weighted by atomic mass is 16.3. The lowest BCUT2D eigenvalue weighted by Gasteiger charge is -2.46. The Morgan fingerprint density at radius 1 is 1.23 bits per heavy atom. The molecule has 200 valence electrons. The van der Waals surface area contributed by atoms with Gasteiger partial charge < -0.3 is 8.98 Å². The lowest BCUT2D eigenvalue weighted by atomic mass is 9.57. The van der Waals surface area contributed by atoms with E-state index in [-0.39, 0.29) is 10.8 Å². The Kier molecular flexibility index (Phi) is 6.60. The molecule has 3 heterocycles. The summed E-state index contributed by atoms with van der Waals surface area (Å²) in [5.41, 5.74) is 4.97. The molecule has 2 aromatic carbocycles. The molecule has 0 amide bonds. The van der Waals surface area contributed by atoms with Gasteiger partial charge in [0.05, 0.1) is 22.4 Å². The fourth-order valence-corrected chi connectivity index (χ4v) is 6.92. The first-order chi connectivity index (χ1) is 18.9. The van der Waals surface area contributed by atoms with Crippen LogP contribution in [0.3, 0.4) is 0 Å². The summed E-state index contributed by atoms with van der Waals surface area (Å²) in [4.78, 5) is 16.4. The van der Waals surface area contributed by atoms with E-state index in [1.165, 1.54) is 12.8 Å². The summed E-state index contributed by atoms with van der Waals surface area (Å²) >= 11 is 0. The highest BCUT2D eigenvalue weighted by molar-refractivity contribution is 5.84. The predicted octanol–water partition coefficient (Wildman–Crippen LogP) is 5.74. The number of aromatic nitrogens is 3. The van der Waals surface area contributed by atoms with Gasteiger partial charge in [0.1, 0.15) is 24.0 Å². The molecule has 0 bridgehead atoms. The van der Waals surface area contributed by atoms with Crippen LogP contribution in [-0.2, 0) is 19.0 Å². The van der Waals surface area contributed by atoms with Crippen molar-refractivity contribution in [3.8, 4) is 17.2 Å². The number of nitriles is 1. The minimum atomic E-state index is -0.324. The molecule has 7 nitrogen and oxygen atoms in total. The van der Waals surface area contributed by atoms with Crippen LogP contribution in [0, 0.1) is 30.1 Å². The predicted molar refractivity (Wildman–Crippen MR) is 151 cm³/mol. The first kappa shape index (κ1) is 25.5. The molecule has 39 heavy (non-hydrogen) atoms. The zero-order valence-electron chi connectivity index (χ0n) is 23.0. The number of piperidine rings is 1. The quantitative estimate of drug-likeness (QED) is 0.322. The van der Waals surface area contributed by atoms with Crippen molar-refractivity contribution in [2.45, 2.75) is 57.9 Å². The molecule has 1 saturated carbocycles. The maximum absolute atomic E-state index is 13.9. The summed E-state index contributed by atoms with van der Waals surface area (Å²) in [5.74, 6) is 1.93. The maximum Gasteiger partial charge on any atom is 0.200 e. The molecule has 2 aromatic heterocycles. The molecule has 4 aromatic rings. The topological polar surface area (TPSA) is 88.0 Å². The summed E-state index contributed by atoms with van der Waals surface area (Å²) in [6.45, 7) is 7.39. The van der Waals surface area contributed by atoms with Gasteiger partial charge in [-0.15, -0.1) is 10.2 Å². The van der Waals surface area contributed by atoms with E-state index in [1.54, 1.807) is 12.6 Å². The zero-order chi connectivity index (χ0) is 27.1. The maximum atomic E-state index is 13.9. The van der Waals surface area contributed by atoms with Crippen molar-refractivity contribution in [3.05, 3.63) is 81.7 Å². The Balaban J connectivity index is 1.38. The molecular weight excluding hydrogens is 486 g/mol. The van der Waals surface area contributed by atoms with Crippen LogP contribution >= 0.6 is 0 Å². The van der Waals surface area contributed by atoms with Crippen LogP contribution in [0.4, 0.5) is 0 Å². The molecule has 1 saturated heterocycles. The van der Waals surface area contributed by atoms with E-state index in [0.717, 1.165) is 60.6 Å². The molecule has 0 unspecified atom stereocenters. The molecule has 1 atom stereocenters. The summed E-state index contributed by atoms with van der Waals surface area (Å²) in [5, 5.41) is 18.5. The second kappa shape index (κ2) is 10.1. The van der Waals surface area contributed by atoms with Crippen LogP contribution in [0.15, 0.2) is 58.2 Å². The first-order valence-electron chi connectivity index (χ1n) is 14.0. The van der Waals surface area contributed by atoms with Gasteiger partial charge in [0.2, 0.25) is 5.43 Å². The highest BCUT2D eigenvalue weighted by Gasteiger charge is 2.49. The molecule has 0 N–H and O–H groups in total. The Morgan fingerprint density at radius 3 is 2.82 bits per heavy atom.